The summed E-state index contributed by atoms with van der Waals surface area (Å²) in [5, 5.41) is 6.19. The Labute approximate surface area is 131 Å². The van der Waals surface area contributed by atoms with Gasteiger partial charge < -0.3 is 16.4 Å². The summed E-state index contributed by atoms with van der Waals surface area (Å²) in [6.45, 7) is 2.04. The number of aryl methyl sites for hydroxylation is 2. The Morgan fingerprint density at radius 2 is 2.05 bits per heavy atom. The predicted molar refractivity (Wildman–Crippen MR) is 90.0 cm³/mol. The summed E-state index contributed by atoms with van der Waals surface area (Å²) in [6.07, 6.45) is 1.26. The average molecular weight is 346 g/mol. The fourth-order valence-electron chi connectivity index (χ4n) is 2.38. The summed E-state index contributed by atoms with van der Waals surface area (Å²) in [7, 11) is 0. The molecular weight excluding hydrogens is 330 g/mol. The first kappa shape index (κ1) is 13.9. The number of nitrogen functional groups attached to an aromatic ring is 1. The topological polar surface area (TPSA) is 67.1 Å². The third-order valence-corrected chi connectivity index (χ3v) is 4.48. The fraction of sp³-hybridized carbons (Fsp3) is 0.188. The molecule has 108 valence electrons. The average Bonchev–Trinajstić information content (AvgIpc) is 2.44. The molecule has 4 nitrogen and oxygen atoms in total. The first-order chi connectivity index (χ1) is 10.0. The van der Waals surface area contributed by atoms with Gasteiger partial charge in [0.15, 0.2) is 0 Å². The molecule has 0 aliphatic carbocycles. The van der Waals surface area contributed by atoms with E-state index < -0.39 is 0 Å². The van der Waals surface area contributed by atoms with Crippen LogP contribution in [-0.4, -0.2) is 5.91 Å². The summed E-state index contributed by atoms with van der Waals surface area (Å²) < 4.78 is 1.04. The number of nitrogens with two attached hydrogens (primary N) is 1. The second-order valence-corrected chi connectivity index (χ2v) is 6.09. The largest absolute Gasteiger partial charge is 0.397 e. The van der Waals surface area contributed by atoms with Crippen LogP contribution in [0.3, 0.4) is 0 Å². The molecule has 0 aromatic heterocycles. The van der Waals surface area contributed by atoms with Gasteiger partial charge in [-0.05, 0) is 48.7 Å². The Kier molecular flexibility index (Phi) is 3.59. The van der Waals surface area contributed by atoms with Gasteiger partial charge in [0.25, 0.3) is 0 Å². The van der Waals surface area contributed by atoms with Crippen molar-refractivity contribution in [2.75, 3.05) is 16.4 Å². The molecule has 0 radical (unpaired) electrons. The molecule has 2 aromatic rings. The number of fused-ring (bicyclic) bond motifs is 1. The summed E-state index contributed by atoms with van der Waals surface area (Å²) in [6, 6.07) is 9.86. The number of anilines is 4. The number of hydrogen-bond acceptors (Lipinski definition) is 3. The maximum Gasteiger partial charge on any atom is 0.224 e. The van der Waals surface area contributed by atoms with Crippen molar-refractivity contribution >= 4 is 44.6 Å². The van der Waals surface area contributed by atoms with Crippen LogP contribution in [0.5, 0.6) is 0 Å². The molecule has 0 saturated carbocycles. The van der Waals surface area contributed by atoms with E-state index in [1.807, 2.05) is 37.3 Å². The number of amides is 1. The zero-order chi connectivity index (χ0) is 15.0. The van der Waals surface area contributed by atoms with Crippen LogP contribution in [0.1, 0.15) is 17.5 Å². The van der Waals surface area contributed by atoms with Crippen LogP contribution in [0.4, 0.5) is 22.7 Å². The van der Waals surface area contributed by atoms with E-state index in [9.17, 15) is 4.79 Å². The van der Waals surface area contributed by atoms with Crippen LogP contribution in [-0.2, 0) is 11.2 Å². The first-order valence-electron chi connectivity index (χ1n) is 6.78. The van der Waals surface area contributed by atoms with Crippen molar-refractivity contribution < 1.29 is 4.79 Å². The maximum atomic E-state index is 11.5. The van der Waals surface area contributed by atoms with Crippen molar-refractivity contribution in [3.63, 3.8) is 0 Å². The van der Waals surface area contributed by atoms with Crippen molar-refractivity contribution in [3.05, 3.63) is 45.9 Å². The number of halogens is 1. The van der Waals surface area contributed by atoms with Crippen molar-refractivity contribution in [2.45, 2.75) is 19.8 Å². The lowest BCUT2D eigenvalue weighted by atomic mass is 10.0. The third kappa shape index (κ3) is 2.88. The first-order valence-corrected chi connectivity index (χ1v) is 7.57. The summed E-state index contributed by atoms with van der Waals surface area (Å²) >= 11 is 3.52. The highest BCUT2D eigenvalue weighted by Gasteiger charge is 2.16. The van der Waals surface area contributed by atoms with Crippen molar-refractivity contribution in [1.29, 1.82) is 0 Å². The predicted octanol–water partition coefficient (Wildman–Crippen LogP) is 3.97. The molecule has 1 amide bonds. The number of nitrogens with one attached hydrogen (secondary N) is 2. The number of carbonyl (C=O) groups is 1. The van der Waals surface area contributed by atoms with Crippen molar-refractivity contribution in [2.24, 2.45) is 0 Å². The Hall–Kier alpha value is -2.01. The Balaban J connectivity index is 1.93. The molecule has 1 aliphatic rings. The summed E-state index contributed by atoms with van der Waals surface area (Å²) in [5.74, 6) is 0.0521. The van der Waals surface area contributed by atoms with E-state index in [0.29, 0.717) is 12.1 Å². The molecule has 21 heavy (non-hydrogen) atoms. The zero-order valence-electron chi connectivity index (χ0n) is 11.7. The zero-order valence-corrected chi connectivity index (χ0v) is 13.3. The molecule has 5 heteroatoms. The van der Waals surface area contributed by atoms with Crippen molar-refractivity contribution in [3.8, 4) is 0 Å². The molecule has 3 rings (SSSR count). The van der Waals surface area contributed by atoms with Crippen LogP contribution in [0.2, 0.25) is 0 Å². The minimum atomic E-state index is 0.0521. The molecule has 2 aromatic carbocycles. The Morgan fingerprint density at radius 3 is 2.81 bits per heavy atom. The Morgan fingerprint density at radius 1 is 1.24 bits per heavy atom. The quantitative estimate of drug-likeness (QED) is 0.721. The molecule has 0 bridgehead atoms. The highest BCUT2D eigenvalue weighted by molar-refractivity contribution is 9.10. The van der Waals surface area contributed by atoms with Crippen LogP contribution < -0.4 is 16.4 Å². The van der Waals surface area contributed by atoms with E-state index >= 15 is 0 Å². The molecule has 1 heterocycles. The van der Waals surface area contributed by atoms with Gasteiger partial charge in [-0.2, -0.15) is 0 Å². The van der Waals surface area contributed by atoms with E-state index in [-0.39, 0.29) is 5.91 Å². The normalized spacial score (nSPS) is 13.5. The van der Waals surface area contributed by atoms with E-state index in [0.717, 1.165) is 33.5 Å². The van der Waals surface area contributed by atoms with Gasteiger partial charge in [0.05, 0.1) is 11.4 Å². The molecule has 0 spiro atoms. The highest BCUT2D eigenvalue weighted by atomic mass is 79.9. The second-order valence-electron chi connectivity index (χ2n) is 5.23. The van der Waals surface area contributed by atoms with Gasteiger partial charge in [0.2, 0.25) is 5.91 Å². The number of benzene rings is 2. The van der Waals surface area contributed by atoms with Crippen LogP contribution in [0.25, 0.3) is 0 Å². The van der Waals surface area contributed by atoms with E-state index in [2.05, 4.69) is 26.6 Å². The van der Waals surface area contributed by atoms with Gasteiger partial charge in [-0.1, -0.05) is 22.0 Å². The smallest absolute Gasteiger partial charge is 0.224 e. The SMILES string of the molecule is Cc1ccc(Nc2cc3c(cc2N)CCC(=O)N3)cc1Br. The van der Waals surface area contributed by atoms with Crippen LogP contribution in [0.15, 0.2) is 34.8 Å². The van der Waals surface area contributed by atoms with Crippen molar-refractivity contribution in [1.82, 2.24) is 0 Å². The lowest BCUT2D eigenvalue weighted by Gasteiger charge is -2.20. The van der Waals surface area contributed by atoms with E-state index in [1.165, 1.54) is 5.56 Å². The minimum Gasteiger partial charge on any atom is -0.397 e. The van der Waals surface area contributed by atoms with Gasteiger partial charge in [-0.25, -0.2) is 0 Å². The van der Waals surface area contributed by atoms with E-state index in [4.69, 9.17) is 5.73 Å². The fourth-order valence-corrected chi connectivity index (χ4v) is 2.76. The van der Waals surface area contributed by atoms with Gasteiger partial charge in [-0.15, -0.1) is 0 Å². The highest BCUT2D eigenvalue weighted by Crippen LogP contribution is 2.33. The Bertz CT molecular complexity index is 728. The van der Waals surface area contributed by atoms with Gasteiger partial charge in [0.1, 0.15) is 0 Å². The number of hydrogen-bond donors (Lipinski definition) is 3. The molecule has 0 saturated heterocycles. The van der Waals surface area contributed by atoms with Gasteiger partial charge in [0, 0.05) is 22.3 Å². The molecule has 0 unspecified atom stereocenters. The molecule has 0 atom stereocenters. The monoisotopic (exact) mass is 345 g/mol. The lowest BCUT2D eigenvalue weighted by Crippen LogP contribution is -2.19. The number of rotatable bonds is 2. The van der Waals surface area contributed by atoms with E-state index in [1.54, 1.807) is 0 Å². The third-order valence-electron chi connectivity index (χ3n) is 3.62. The standard InChI is InChI=1S/C16H16BrN3O/c1-9-2-4-11(7-12(9)17)19-15-8-14-10(6-13(15)18)3-5-16(21)20-14/h2,4,6-8,19H,3,5,18H2,1H3,(H,20,21). The van der Waals surface area contributed by atoms with Crippen LogP contribution >= 0.6 is 15.9 Å². The maximum absolute atomic E-state index is 11.5. The number of carbonyl (C=O) groups excluding carboxylic acids is 1. The molecule has 4 N–H and O–H groups in total. The summed E-state index contributed by atoms with van der Waals surface area (Å²) in [4.78, 5) is 11.5. The van der Waals surface area contributed by atoms with Crippen LogP contribution in [0, 0.1) is 6.92 Å². The van der Waals surface area contributed by atoms with Gasteiger partial charge >= 0.3 is 0 Å². The molecular formula is C16H16BrN3O. The molecule has 0 fully saturated rings. The minimum absolute atomic E-state index is 0.0521. The summed E-state index contributed by atoms with van der Waals surface area (Å²) in [5.41, 5.74) is 11.6. The second kappa shape index (κ2) is 5.41. The van der Waals surface area contributed by atoms with Gasteiger partial charge in [-0.3, -0.25) is 4.79 Å². The molecule has 1 aliphatic heterocycles. The lowest BCUT2D eigenvalue weighted by molar-refractivity contribution is -0.116.